The molecule has 3 heterocycles. The number of piperidine rings is 1. The topological polar surface area (TPSA) is 128 Å². The predicted molar refractivity (Wildman–Crippen MR) is 121 cm³/mol. The molecule has 0 spiro atoms. The van der Waals surface area contributed by atoms with Crippen molar-refractivity contribution in [3.63, 3.8) is 0 Å². The van der Waals surface area contributed by atoms with Gasteiger partial charge in [0.25, 0.3) is 11.8 Å². The van der Waals surface area contributed by atoms with Crippen LogP contribution >= 0.6 is 0 Å². The van der Waals surface area contributed by atoms with E-state index in [9.17, 15) is 22.8 Å². The van der Waals surface area contributed by atoms with E-state index < -0.39 is 23.6 Å². The van der Waals surface area contributed by atoms with E-state index in [1.54, 1.807) is 22.9 Å². The molecule has 1 aromatic carbocycles. The summed E-state index contributed by atoms with van der Waals surface area (Å²) in [5.41, 5.74) is 13.1. The van der Waals surface area contributed by atoms with Gasteiger partial charge < -0.3 is 26.7 Å². The second-order valence-electron chi connectivity index (χ2n) is 8.03. The van der Waals surface area contributed by atoms with Crippen molar-refractivity contribution in [1.82, 2.24) is 14.9 Å². The second-order valence-corrected chi connectivity index (χ2v) is 8.03. The highest BCUT2D eigenvalue weighted by atomic mass is 19.4. The number of nitrogen functional groups attached to an aromatic ring is 1. The van der Waals surface area contributed by atoms with Crippen LogP contribution in [0, 0.1) is 0 Å². The van der Waals surface area contributed by atoms with Gasteiger partial charge in [-0.1, -0.05) is 0 Å². The molecule has 2 amide bonds. The Morgan fingerprint density at radius 1 is 1.12 bits per heavy atom. The summed E-state index contributed by atoms with van der Waals surface area (Å²) in [7, 11) is 0. The molecular formula is C23H23F3N6O2. The first kappa shape index (κ1) is 23.3. The number of amides is 2. The molecule has 8 nitrogen and oxygen atoms in total. The van der Waals surface area contributed by atoms with Gasteiger partial charge >= 0.3 is 6.18 Å². The smallest absolute Gasteiger partial charge is 0.397 e. The highest BCUT2D eigenvalue weighted by molar-refractivity contribution is 6.04. The third kappa shape index (κ3) is 4.74. The second kappa shape index (κ2) is 9.18. The molecule has 34 heavy (non-hydrogen) atoms. The standard InChI is InChI=1S/C23H23F3N6O2/c24-23(25,26)15-7-10-30-18(11-15)31-22(34)14-1-3-16(4-2-14)32-12-17(13-5-8-29-9-6-13)19(27)20(32)21(28)33/h1-4,7,10-13,29H,5-6,8-9,27H2,(H2,28,33)(H,30,31,34). The van der Waals surface area contributed by atoms with Crippen LogP contribution < -0.4 is 22.1 Å². The number of carbonyl (C=O) groups is 2. The van der Waals surface area contributed by atoms with Gasteiger partial charge in [0.05, 0.1) is 11.3 Å². The molecule has 1 saturated heterocycles. The van der Waals surface area contributed by atoms with E-state index in [0.717, 1.165) is 49.8 Å². The number of alkyl halides is 3. The summed E-state index contributed by atoms with van der Waals surface area (Å²) in [6.07, 6.45) is -0.00561. The van der Waals surface area contributed by atoms with Crippen molar-refractivity contribution in [2.45, 2.75) is 24.9 Å². The largest absolute Gasteiger partial charge is 0.416 e. The Morgan fingerprint density at radius 3 is 2.41 bits per heavy atom. The van der Waals surface area contributed by atoms with Crippen molar-refractivity contribution < 1.29 is 22.8 Å². The number of nitrogens with zero attached hydrogens (tertiary/aromatic N) is 2. The van der Waals surface area contributed by atoms with Crippen molar-refractivity contribution in [3.05, 3.63) is 71.2 Å². The van der Waals surface area contributed by atoms with E-state index >= 15 is 0 Å². The zero-order chi connectivity index (χ0) is 24.5. The van der Waals surface area contributed by atoms with Crippen molar-refractivity contribution in [2.75, 3.05) is 24.1 Å². The SMILES string of the molecule is NC(=O)c1c(N)c(C2CCNCC2)cn1-c1ccc(C(=O)Nc2cc(C(F)(F)F)ccn2)cc1. The van der Waals surface area contributed by atoms with Gasteiger partial charge in [0.2, 0.25) is 0 Å². The van der Waals surface area contributed by atoms with E-state index in [-0.39, 0.29) is 23.0 Å². The number of carbonyl (C=O) groups excluding carboxylic acids is 2. The van der Waals surface area contributed by atoms with E-state index in [1.165, 1.54) is 12.1 Å². The van der Waals surface area contributed by atoms with E-state index in [2.05, 4.69) is 15.6 Å². The number of hydrogen-bond donors (Lipinski definition) is 4. The molecule has 1 aliphatic heterocycles. The lowest BCUT2D eigenvalue weighted by Crippen LogP contribution is -2.26. The molecule has 1 aliphatic rings. The first-order valence-electron chi connectivity index (χ1n) is 10.6. The fourth-order valence-electron chi connectivity index (χ4n) is 4.09. The molecular weight excluding hydrogens is 449 g/mol. The van der Waals surface area contributed by atoms with Crippen LogP contribution in [0.4, 0.5) is 24.7 Å². The summed E-state index contributed by atoms with van der Waals surface area (Å²) in [6, 6.07) is 7.77. The molecule has 0 unspecified atom stereocenters. The van der Waals surface area contributed by atoms with Crippen molar-refractivity contribution in [3.8, 4) is 5.69 Å². The third-order valence-corrected chi connectivity index (χ3v) is 5.82. The van der Waals surface area contributed by atoms with Gasteiger partial charge in [-0.2, -0.15) is 13.2 Å². The van der Waals surface area contributed by atoms with Crippen LogP contribution in [0.25, 0.3) is 5.69 Å². The number of nitrogens with two attached hydrogens (primary N) is 2. The van der Waals surface area contributed by atoms with Crippen molar-refractivity contribution >= 4 is 23.3 Å². The molecule has 0 saturated carbocycles. The Labute approximate surface area is 193 Å². The van der Waals surface area contributed by atoms with Crippen LogP contribution in [0.1, 0.15) is 50.7 Å². The number of halogens is 3. The lowest BCUT2D eigenvalue weighted by molar-refractivity contribution is -0.137. The van der Waals surface area contributed by atoms with Gasteiger partial charge in [-0.3, -0.25) is 9.59 Å². The average Bonchev–Trinajstić information content (AvgIpc) is 3.16. The van der Waals surface area contributed by atoms with Crippen molar-refractivity contribution in [1.29, 1.82) is 0 Å². The molecule has 1 fully saturated rings. The highest BCUT2D eigenvalue weighted by Crippen LogP contribution is 2.34. The first-order valence-corrected chi connectivity index (χ1v) is 10.6. The molecule has 4 rings (SSSR count). The molecule has 178 valence electrons. The zero-order valence-corrected chi connectivity index (χ0v) is 18.0. The Hall–Kier alpha value is -3.86. The summed E-state index contributed by atoms with van der Waals surface area (Å²) >= 11 is 0. The number of pyridine rings is 1. The fourth-order valence-corrected chi connectivity index (χ4v) is 4.09. The summed E-state index contributed by atoms with van der Waals surface area (Å²) in [4.78, 5) is 28.4. The lowest BCUT2D eigenvalue weighted by Gasteiger charge is -2.22. The van der Waals surface area contributed by atoms with Crippen LogP contribution in [0.15, 0.2) is 48.8 Å². The van der Waals surface area contributed by atoms with Gasteiger partial charge in [0.1, 0.15) is 11.5 Å². The van der Waals surface area contributed by atoms with Gasteiger partial charge in [0.15, 0.2) is 0 Å². The molecule has 11 heteroatoms. The van der Waals surface area contributed by atoms with Crippen molar-refractivity contribution in [2.24, 2.45) is 5.73 Å². The molecule has 0 bridgehead atoms. The number of anilines is 2. The Balaban J connectivity index is 1.58. The lowest BCUT2D eigenvalue weighted by atomic mass is 9.91. The minimum Gasteiger partial charge on any atom is -0.397 e. The molecule has 2 aromatic heterocycles. The highest BCUT2D eigenvalue weighted by Gasteiger charge is 2.31. The van der Waals surface area contributed by atoms with Crippen LogP contribution in [-0.2, 0) is 6.18 Å². The summed E-state index contributed by atoms with van der Waals surface area (Å²) in [6.45, 7) is 1.71. The Bertz CT molecular complexity index is 1210. The summed E-state index contributed by atoms with van der Waals surface area (Å²) in [5.74, 6) is -1.32. The normalized spacial score (nSPS) is 14.7. The molecule has 3 aromatic rings. The molecule has 0 aliphatic carbocycles. The van der Waals surface area contributed by atoms with E-state index in [0.29, 0.717) is 11.4 Å². The van der Waals surface area contributed by atoms with Gasteiger partial charge in [-0.25, -0.2) is 4.98 Å². The quantitative estimate of drug-likeness (QED) is 0.453. The Morgan fingerprint density at radius 2 is 1.79 bits per heavy atom. The van der Waals surface area contributed by atoms with Crippen LogP contribution in [-0.4, -0.2) is 34.5 Å². The number of aromatic nitrogens is 2. The summed E-state index contributed by atoms with van der Waals surface area (Å²) in [5, 5.41) is 5.65. The number of benzene rings is 1. The first-order chi connectivity index (χ1) is 16.1. The summed E-state index contributed by atoms with van der Waals surface area (Å²) < 4.78 is 40.3. The minimum atomic E-state index is -4.55. The van der Waals surface area contributed by atoms with E-state index in [1.807, 2.05) is 0 Å². The van der Waals surface area contributed by atoms with Gasteiger partial charge in [-0.15, -0.1) is 0 Å². The number of nitrogens with one attached hydrogen (secondary N) is 2. The average molecular weight is 472 g/mol. The molecule has 0 atom stereocenters. The van der Waals surface area contributed by atoms with Crippen LogP contribution in [0.5, 0.6) is 0 Å². The molecule has 0 radical (unpaired) electrons. The molecule has 6 N–H and O–H groups in total. The maximum Gasteiger partial charge on any atom is 0.416 e. The van der Waals surface area contributed by atoms with E-state index in [4.69, 9.17) is 11.5 Å². The zero-order valence-electron chi connectivity index (χ0n) is 18.0. The maximum atomic E-state index is 12.9. The predicted octanol–water partition coefficient (Wildman–Crippen LogP) is 3.29. The fraction of sp³-hybridized carbons (Fsp3) is 0.261. The van der Waals surface area contributed by atoms with Crippen LogP contribution in [0.3, 0.4) is 0 Å². The maximum absolute atomic E-state index is 12.9. The third-order valence-electron chi connectivity index (χ3n) is 5.82. The van der Waals surface area contributed by atoms with Gasteiger partial charge in [-0.05, 0) is 73.8 Å². The van der Waals surface area contributed by atoms with Gasteiger partial charge in [0, 0.05) is 23.6 Å². The Kier molecular flexibility index (Phi) is 6.29. The number of hydrogen-bond acceptors (Lipinski definition) is 5. The number of primary amides is 1. The number of rotatable bonds is 5. The van der Waals surface area contributed by atoms with Crippen LogP contribution in [0.2, 0.25) is 0 Å². The monoisotopic (exact) mass is 472 g/mol. The minimum absolute atomic E-state index is 0.166.